The van der Waals surface area contributed by atoms with Gasteiger partial charge in [0.05, 0.1) is 13.2 Å². The summed E-state index contributed by atoms with van der Waals surface area (Å²) in [7, 11) is 0. The van der Waals surface area contributed by atoms with Crippen LogP contribution >= 0.6 is 0 Å². The van der Waals surface area contributed by atoms with Crippen LogP contribution in [0.2, 0.25) is 0 Å². The number of aryl methyl sites for hydroxylation is 2. The largest absolute Gasteiger partial charge is 4.00 e. The molecule has 0 fully saturated rings. The van der Waals surface area contributed by atoms with Gasteiger partial charge < -0.3 is 9.47 Å². The van der Waals surface area contributed by atoms with Crippen LogP contribution in [0.5, 0.6) is 11.5 Å². The van der Waals surface area contributed by atoms with Crippen LogP contribution < -0.4 is 9.47 Å². The molecular weight excluding hydrogens is 536 g/mol. The van der Waals surface area contributed by atoms with E-state index in [2.05, 4.69) is 74.5 Å². The van der Waals surface area contributed by atoms with E-state index in [9.17, 15) is 0 Å². The maximum atomic E-state index is 5.19. The van der Waals surface area contributed by atoms with Crippen LogP contribution in [-0.2, 0) is 34.6 Å². The number of unbranched alkanes of at least 4 members (excludes halogenated alkanes) is 6. The molecule has 0 N–H and O–H groups in total. The molecule has 0 unspecified atom stereocenters. The fourth-order valence-corrected chi connectivity index (χ4v) is 3.94. The van der Waals surface area contributed by atoms with Gasteiger partial charge >= 0.3 is 21.7 Å². The molecule has 2 nitrogen and oxygen atoms in total. The van der Waals surface area contributed by atoms with E-state index in [0.717, 1.165) is 24.7 Å². The molecule has 0 bridgehead atoms. The van der Waals surface area contributed by atoms with E-state index in [1.807, 2.05) is 62.4 Å². The van der Waals surface area contributed by atoms with Crippen molar-refractivity contribution in [2.45, 2.75) is 91.9 Å². The third kappa shape index (κ3) is 22.8. The van der Waals surface area contributed by atoms with Crippen molar-refractivity contribution >= 4 is 0 Å². The zero-order valence-corrected chi connectivity index (χ0v) is 27.6. The van der Waals surface area contributed by atoms with E-state index in [1.54, 1.807) is 0 Å². The zero-order chi connectivity index (χ0) is 28.9. The van der Waals surface area contributed by atoms with Crippen LogP contribution in [0.3, 0.4) is 0 Å². The summed E-state index contributed by atoms with van der Waals surface area (Å²) >= 11 is 0. The monoisotopic (exact) mass is 588 g/mol. The maximum absolute atomic E-state index is 5.19. The van der Waals surface area contributed by atoms with Crippen LogP contribution in [0, 0.1) is 12.1 Å². The summed E-state index contributed by atoms with van der Waals surface area (Å²) in [6, 6.07) is 38.1. The van der Waals surface area contributed by atoms with Crippen LogP contribution in [0.15, 0.2) is 97.1 Å². The van der Waals surface area contributed by atoms with Gasteiger partial charge in [-0.25, -0.2) is 24.3 Å². The van der Waals surface area contributed by atoms with Gasteiger partial charge in [-0.05, 0) is 13.8 Å². The summed E-state index contributed by atoms with van der Waals surface area (Å²) in [4.78, 5) is 0. The summed E-state index contributed by atoms with van der Waals surface area (Å²) < 4.78 is 10.4. The van der Waals surface area contributed by atoms with Crippen molar-refractivity contribution in [3.8, 4) is 11.5 Å². The summed E-state index contributed by atoms with van der Waals surface area (Å²) in [5.41, 5.74) is 3.00. The third-order valence-electron chi connectivity index (χ3n) is 6.10. The summed E-state index contributed by atoms with van der Waals surface area (Å²) in [6.45, 7) is 9.90. The first-order valence-electron chi connectivity index (χ1n) is 15.3. The molecule has 4 aromatic carbocycles. The van der Waals surface area contributed by atoms with Crippen molar-refractivity contribution in [2.24, 2.45) is 0 Å². The van der Waals surface area contributed by atoms with Gasteiger partial charge in [0.1, 0.15) is 0 Å². The molecule has 0 aliphatic heterocycles. The molecule has 0 spiro atoms. The Morgan fingerprint density at radius 1 is 0.512 bits per heavy atom. The quantitative estimate of drug-likeness (QED) is 0.0829. The standard InChI is InChI=1S/2C11H17.2C8H9O.Ti/c2*1-2-3-4-5-8-11-9-6-7-10-11;2*1-2-9-8-6-4-3-5-7-8;/h2*6-7,9-10H,2-5,8H2,1H3;2*4-7H,2H2,1H3;/q4*-1;+4. The SMILES string of the molecule is CCCCCC[c-]1cccc1.CCCCCC[c-]1cccc1.CCOc1cc[c-]cc1.CCOc1cc[c-]cc1.[Ti+4]. The maximum Gasteiger partial charge on any atom is 4.00 e. The van der Waals surface area contributed by atoms with Gasteiger partial charge in [-0.1, -0.05) is 78.1 Å². The molecule has 41 heavy (non-hydrogen) atoms. The van der Waals surface area contributed by atoms with Gasteiger partial charge in [0.25, 0.3) is 0 Å². The van der Waals surface area contributed by atoms with E-state index in [4.69, 9.17) is 9.47 Å². The van der Waals surface area contributed by atoms with E-state index in [0.29, 0.717) is 0 Å². The predicted molar refractivity (Wildman–Crippen MR) is 173 cm³/mol. The Bertz CT molecular complexity index is 896. The predicted octanol–water partition coefficient (Wildman–Crippen LogP) is 10.8. The Balaban J connectivity index is 0.000000518. The molecule has 0 saturated carbocycles. The van der Waals surface area contributed by atoms with Crippen molar-refractivity contribution in [1.29, 1.82) is 0 Å². The van der Waals surface area contributed by atoms with E-state index < -0.39 is 0 Å². The summed E-state index contributed by atoms with van der Waals surface area (Å²) in [5.74, 6) is 1.83. The average Bonchev–Trinajstić information content (AvgIpc) is 3.71. The first-order chi connectivity index (χ1) is 19.7. The Hall–Kier alpha value is -2.55. The Labute approximate surface area is 267 Å². The van der Waals surface area contributed by atoms with Gasteiger partial charge in [-0.15, -0.1) is 24.3 Å². The molecule has 3 heteroatoms. The van der Waals surface area contributed by atoms with Crippen molar-refractivity contribution in [2.75, 3.05) is 13.2 Å². The first-order valence-corrected chi connectivity index (χ1v) is 15.3. The van der Waals surface area contributed by atoms with E-state index in [1.165, 1.54) is 75.3 Å². The number of rotatable bonds is 14. The second-order valence-corrected chi connectivity index (χ2v) is 9.55. The number of benzene rings is 2. The molecular formula is C38H52O2Ti. The van der Waals surface area contributed by atoms with Crippen LogP contribution in [0.25, 0.3) is 0 Å². The van der Waals surface area contributed by atoms with Crippen molar-refractivity contribution < 1.29 is 31.2 Å². The Morgan fingerprint density at radius 2 is 0.854 bits per heavy atom. The Morgan fingerprint density at radius 3 is 1.15 bits per heavy atom. The minimum atomic E-state index is 0. The van der Waals surface area contributed by atoms with Crippen molar-refractivity contribution in [3.05, 3.63) is 120 Å². The average molecular weight is 589 g/mol. The summed E-state index contributed by atoms with van der Waals surface area (Å²) in [6.07, 6.45) is 13.5. The molecule has 0 saturated heterocycles. The van der Waals surface area contributed by atoms with Gasteiger partial charge in [0.2, 0.25) is 0 Å². The van der Waals surface area contributed by atoms with Gasteiger partial charge in [0.15, 0.2) is 0 Å². The topological polar surface area (TPSA) is 18.5 Å². The molecule has 0 atom stereocenters. The molecule has 0 aromatic heterocycles. The smallest absolute Gasteiger partial charge is 0.519 e. The normalized spacial score (nSPS) is 9.46. The molecule has 0 aliphatic rings. The molecule has 0 heterocycles. The van der Waals surface area contributed by atoms with Crippen LogP contribution in [0.4, 0.5) is 0 Å². The molecule has 0 aliphatic carbocycles. The molecule has 4 aromatic rings. The van der Waals surface area contributed by atoms with Crippen molar-refractivity contribution in [1.82, 2.24) is 0 Å². The number of hydrogen-bond acceptors (Lipinski definition) is 2. The fraction of sp³-hybridized carbons (Fsp3) is 0.421. The number of ether oxygens (including phenoxy) is 2. The number of hydrogen-bond donors (Lipinski definition) is 0. The second kappa shape index (κ2) is 29.0. The van der Waals surface area contributed by atoms with Gasteiger partial charge in [0, 0.05) is 11.5 Å². The Kier molecular flexibility index (Phi) is 27.2. The molecule has 0 amide bonds. The van der Waals surface area contributed by atoms with Gasteiger partial charge in [-0.3, -0.25) is 0 Å². The second-order valence-electron chi connectivity index (χ2n) is 9.55. The third-order valence-corrected chi connectivity index (χ3v) is 6.10. The van der Waals surface area contributed by atoms with Crippen molar-refractivity contribution in [3.63, 3.8) is 0 Å². The van der Waals surface area contributed by atoms with E-state index >= 15 is 0 Å². The molecule has 220 valence electrons. The molecule has 4 rings (SSSR count). The van der Waals surface area contributed by atoms with Crippen LogP contribution in [-0.4, -0.2) is 13.2 Å². The first kappa shape index (κ1) is 38.5. The van der Waals surface area contributed by atoms with E-state index in [-0.39, 0.29) is 21.7 Å². The zero-order valence-electron chi connectivity index (χ0n) is 26.0. The fourth-order valence-electron chi connectivity index (χ4n) is 3.94. The minimum Gasteiger partial charge on any atom is -0.519 e. The minimum absolute atomic E-state index is 0. The van der Waals surface area contributed by atoms with Crippen LogP contribution in [0.1, 0.15) is 90.2 Å². The molecule has 0 radical (unpaired) electrons. The van der Waals surface area contributed by atoms with Gasteiger partial charge in [-0.2, -0.15) is 71.8 Å². The summed E-state index contributed by atoms with van der Waals surface area (Å²) in [5, 5.41) is 0.